The van der Waals surface area contributed by atoms with Gasteiger partial charge in [-0.15, -0.1) is 11.3 Å². The molecule has 1 heterocycles. The van der Waals surface area contributed by atoms with Crippen molar-refractivity contribution in [1.82, 2.24) is 4.98 Å². The third kappa shape index (κ3) is 2.46. The van der Waals surface area contributed by atoms with E-state index in [4.69, 9.17) is 22.4 Å². The summed E-state index contributed by atoms with van der Waals surface area (Å²) in [6.07, 6.45) is 0. The third-order valence-electron chi connectivity index (χ3n) is 2.14. The lowest BCUT2D eigenvalue weighted by Gasteiger charge is -1.99. The minimum absolute atomic E-state index is 0.0257. The Labute approximate surface area is 107 Å². The normalized spacial score (nSPS) is 10.5. The molecular weight excluding hydrogens is 260 g/mol. The van der Waals surface area contributed by atoms with Crippen LogP contribution in [0, 0.1) is 0 Å². The molecule has 0 bridgehead atoms. The summed E-state index contributed by atoms with van der Waals surface area (Å²) in [5, 5.41) is 10.2. The van der Waals surface area contributed by atoms with E-state index in [-0.39, 0.29) is 12.2 Å². The number of aromatic carboxylic acids is 1. The van der Waals surface area contributed by atoms with Crippen molar-refractivity contribution in [3.8, 4) is 10.4 Å². The number of carboxylic acid groups (broad SMARTS) is 1. The maximum atomic E-state index is 11.1. The lowest BCUT2D eigenvalue weighted by atomic mass is 10.1. The van der Waals surface area contributed by atoms with Crippen molar-refractivity contribution in [2.24, 2.45) is 5.73 Å². The van der Waals surface area contributed by atoms with E-state index in [0.717, 1.165) is 5.56 Å². The van der Waals surface area contributed by atoms with Crippen LogP contribution in [0.3, 0.4) is 0 Å². The topological polar surface area (TPSA) is 76.2 Å². The fourth-order valence-electron chi connectivity index (χ4n) is 1.42. The molecule has 4 nitrogen and oxygen atoms in total. The number of hydrogen-bond donors (Lipinski definition) is 2. The van der Waals surface area contributed by atoms with Crippen molar-refractivity contribution < 1.29 is 9.90 Å². The van der Waals surface area contributed by atoms with Crippen LogP contribution in [0.1, 0.15) is 15.5 Å². The number of benzene rings is 1. The first kappa shape index (κ1) is 12.0. The van der Waals surface area contributed by atoms with Crippen LogP contribution in [0.25, 0.3) is 10.4 Å². The van der Waals surface area contributed by atoms with Gasteiger partial charge in [0.05, 0.1) is 4.88 Å². The molecule has 0 spiro atoms. The number of nitrogens with zero attached hydrogens (tertiary/aromatic N) is 1. The second-order valence-corrected chi connectivity index (χ2v) is 4.83. The van der Waals surface area contributed by atoms with Crippen molar-refractivity contribution in [2.75, 3.05) is 0 Å². The van der Waals surface area contributed by atoms with E-state index in [1.54, 1.807) is 24.3 Å². The van der Waals surface area contributed by atoms with Crippen LogP contribution in [0.4, 0.5) is 0 Å². The van der Waals surface area contributed by atoms with Crippen LogP contribution in [0.5, 0.6) is 0 Å². The van der Waals surface area contributed by atoms with Gasteiger partial charge in [0.15, 0.2) is 5.69 Å². The average molecular weight is 269 g/mol. The van der Waals surface area contributed by atoms with Gasteiger partial charge in [-0.3, -0.25) is 0 Å². The largest absolute Gasteiger partial charge is 0.476 e. The number of carbonyl (C=O) groups is 1. The standard InChI is InChI=1S/C11H9ClN2O2S/c12-7-3-1-2-6(4-7)10-9(11(15)16)14-8(5-13)17-10/h1-4H,5,13H2,(H,15,16). The van der Waals surface area contributed by atoms with Crippen molar-refractivity contribution in [2.45, 2.75) is 6.54 Å². The molecule has 0 aliphatic rings. The van der Waals surface area contributed by atoms with Gasteiger partial charge < -0.3 is 10.8 Å². The van der Waals surface area contributed by atoms with Crippen LogP contribution < -0.4 is 5.73 Å². The second kappa shape index (κ2) is 4.83. The van der Waals surface area contributed by atoms with E-state index in [1.807, 2.05) is 0 Å². The Morgan fingerprint density at radius 3 is 2.88 bits per heavy atom. The highest BCUT2D eigenvalue weighted by Gasteiger charge is 2.18. The summed E-state index contributed by atoms with van der Waals surface area (Å²) >= 11 is 7.15. The third-order valence-corrected chi connectivity index (χ3v) is 3.50. The summed E-state index contributed by atoms with van der Waals surface area (Å²) in [4.78, 5) is 15.6. The Morgan fingerprint density at radius 2 is 2.29 bits per heavy atom. The number of thiazole rings is 1. The highest BCUT2D eigenvalue weighted by molar-refractivity contribution is 7.15. The van der Waals surface area contributed by atoms with Crippen molar-refractivity contribution in [1.29, 1.82) is 0 Å². The van der Waals surface area contributed by atoms with E-state index >= 15 is 0 Å². The smallest absolute Gasteiger partial charge is 0.356 e. The van der Waals surface area contributed by atoms with Crippen molar-refractivity contribution in [3.63, 3.8) is 0 Å². The molecule has 0 saturated carbocycles. The Bertz CT molecular complexity index is 568. The first-order chi connectivity index (χ1) is 8.11. The molecule has 0 fully saturated rings. The summed E-state index contributed by atoms with van der Waals surface area (Å²) in [6.45, 7) is 0.228. The Hall–Kier alpha value is -1.43. The lowest BCUT2D eigenvalue weighted by molar-refractivity contribution is 0.0692. The van der Waals surface area contributed by atoms with Gasteiger partial charge in [0.25, 0.3) is 0 Å². The maximum Gasteiger partial charge on any atom is 0.356 e. The van der Waals surface area contributed by atoms with Gasteiger partial charge in [-0.2, -0.15) is 0 Å². The molecule has 0 radical (unpaired) electrons. The maximum absolute atomic E-state index is 11.1. The highest BCUT2D eigenvalue weighted by atomic mass is 35.5. The number of rotatable bonds is 3. The minimum atomic E-state index is -1.06. The van der Waals surface area contributed by atoms with Gasteiger partial charge in [0.1, 0.15) is 5.01 Å². The highest BCUT2D eigenvalue weighted by Crippen LogP contribution is 2.31. The van der Waals surface area contributed by atoms with E-state index in [0.29, 0.717) is 14.9 Å². The molecule has 3 N–H and O–H groups in total. The van der Waals surface area contributed by atoms with Crippen LogP contribution in [0.2, 0.25) is 5.02 Å². The number of nitrogens with two attached hydrogens (primary N) is 1. The van der Waals surface area contributed by atoms with Crippen molar-refractivity contribution in [3.05, 3.63) is 40.0 Å². The predicted molar refractivity (Wildman–Crippen MR) is 67.4 cm³/mol. The zero-order valence-corrected chi connectivity index (χ0v) is 10.3. The molecule has 6 heteroatoms. The monoisotopic (exact) mass is 268 g/mol. The van der Waals surface area contributed by atoms with Gasteiger partial charge in [0, 0.05) is 11.6 Å². The fourth-order valence-corrected chi connectivity index (χ4v) is 2.54. The van der Waals surface area contributed by atoms with Gasteiger partial charge in [0.2, 0.25) is 0 Å². The molecule has 0 saturated heterocycles. The van der Waals surface area contributed by atoms with Gasteiger partial charge in [-0.05, 0) is 17.7 Å². The van der Waals surface area contributed by atoms with E-state index in [1.165, 1.54) is 11.3 Å². The van der Waals surface area contributed by atoms with Crippen LogP contribution >= 0.6 is 22.9 Å². The summed E-state index contributed by atoms with van der Waals surface area (Å²) in [7, 11) is 0. The summed E-state index contributed by atoms with van der Waals surface area (Å²) in [5.41, 5.74) is 6.24. The SMILES string of the molecule is NCc1nc(C(=O)O)c(-c2cccc(Cl)c2)s1. The first-order valence-corrected chi connectivity index (χ1v) is 6.00. The Morgan fingerprint density at radius 1 is 1.53 bits per heavy atom. The quantitative estimate of drug-likeness (QED) is 0.897. The Balaban J connectivity index is 2.57. The van der Waals surface area contributed by atoms with E-state index in [9.17, 15) is 4.79 Å². The molecule has 2 rings (SSSR count). The number of aromatic nitrogens is 1. The molecular formula is C11H9ClN2O2S. The molecule has 0 aliphatic carbocycles. The molecule has 17 heavy (non-hydrogen) atoms. The lowest BCUT2D eigenvalue weighted by Crippen LogP contribution is -2.01. The molecule has 1 aromatic carbocycles. The van der Waals surface area contributed by atoms with Gasteiger partial charge in [-0.25, -0.2) is 9.78 Å². The number of hydrogen-bond acceptors (Lipinski definition) is 4. The molecule has 0 aliphatic heterocycles. The van der Waals surface area contributed by atoms with Crippen LogP contribution in [-0.4, -0.2) is 16.1 Å². The zero-order valence-electron chi connectivity index (χ0n) is 8.68. The van der Waals surface area contributed by atoms with Gasteiger partial charge >= 0.3 is 5.97 Å². The number of halogens is 1. The first-order valence-electron chi connectivity index (χ1n) is 4.81. The molecule has 0 amide bonds. The fraction of sp³-hybridized carbons (Fsp3) is 0.0909. The predicted octanol–water partition coefficient (Wildman–Crippen LogP) is 2.62. The second-order valence-electron chi connectivity index (χ2n) is 3.30. The van der Waals surface area contributed by atoms with E-state index < -0.39 is 5.97 Å². The Kier molecular flexibility index (Phi) is 3.42. The number of carboxylic acids is 1. The molecule has 1 aromatic heterocycles. The molecule has 2 aromatic rings. The molecule has 0 unspecified atom stereocenters. The van der Waals surface area contributed by atoms with E-state index in [2.05, 4.69) is 4.98 Å². The summed E-state index contributed by atoms with van der Waals surface area (Å²) in [6, 6.07) is 7.01. The summed E-state index contributed by atoms with van der Waals surface area (Å²) in [5.74, 6) is -1.06. The summed E-state index contributed by atoms with van der Waals surface area (Å²) < 4.78 is 0. The molecule has 88 valence electrons. The van der Waals surface area contributed by atoms with Gasteiger partial charge in [-0.1, -0.05) is 23.7 Å². The molecule has 0 atom stereocenters. The van der Waals surface area contributed by atoms with Crippen LogP contribution in [-0.2, 0) is 6.54 Å². The average Bonchev–Trinajstić information content (AvgIpc) is 2.73. The van der Waals surface area contributed by atoms with Crippen molar-refractivity contribution >= 4 is 28.9 Å². The zero-order chi connectivity index (χ0) is 12.4. The van der Waals surface area contributed by atoms with Crippen LogP contribution in [0.15, 0.2) is 24.3 Å². The minimum Gasteiger partial charge on any atom is -0.476 e.